The molecule has 0 saturated carbocycles. The van der Waals surface area contributed by atoms with Gasteiger partial charge >= 0.3 is 0 Å². The number of pyridine rings is 2. The molecular formula is C35H26N2O2. The lowest BCUT2D eigenvalue weighted by atomic mass is 10.1. The molecule has 8 rings (SSSR count). The summed E-state index contributed by atoms with van der Waals surface area (Å²) in [6, 6.07) is 42.5. The molecule has 0 aliphatic rings. The molecule has 0 saturated heterocycles. The maximum Gasteiger partial charge on any atom is 0.227 e. The molecule has 0 aliphatic heterocycles. The van der Waals surface area contributed by atoms with Crippen LogP contribution in [0, 0.1) is 0 Å². The van der Waals surface area contributed by atoms with Crippen LogP contribution in [-0.4, -0.2) is 9.97 Å². The second-order valence-corrected chi connectivity index (χ2v) is 9.05. The SMILES string of the molecule is C.c1ccc(-c2ccc3c(n2)oc2ccccc23)cc1.c1ccc(-c2cnc3c(c2)oc2ccccc23)cc1. The number of nitrogens with zero attached hydrogens (tertiary/aromatic N) is 2. The number of furan rings is 2. The van der Waals surface area contributed by atoms with Crippen molar-refractivity contribution in [3.63, 3.8) is 0 Å². The van der Waals surface area contributed by atoms with Crippen molar-refractivity contribution in [3.05, 3.63) is 134 Å². The van der Waals surface area contributed by atoms with Gasteiger partial charge in [0, 0.05) is 33.5 Å². The molecule has 0 radical (unpaired) electrons. The van der Waals surface area contributed by atoms with Gasteiger partial charge in [-0.2, -0.15) is 0 Å². The van der Waals surface area contributed by atoms with Gasteiger partial charge in [0.2, 0.25) is 5.71 Å². The Kier molecular flexibility index (Phi) is 6.36. The highest BCUT2D eigenvalue weighted by Gasteiger charge is 2.10. The highest BCUT2D eigenvalue weighted by Crippen LogP contribution is 2.31. The van der Waals surface area contributed by atoms with Gasteiger partial charge < -0.3 is 8.83 Å². The maximum atomic E-state index is 5.85. The summed E-state index contributed by atoms with van der Waals surface area (Å²) in [5, 5.41) is 3.25. The summed E-state index contributed by atoms with van der Waals surface area (Å²) in [6.45, 7) is 0. The van der Waals surface area contributed by atoms with E-state index in [4.69, 9.17) is 8.83 Å². The van der Waals surface area contributed by atoms with Crippen LogP contribution in [0.4, 0.5) is 0 Å². The van der Waals surface area contributed by atoms with Crippen LogP contribution in [0.25, 0.3) is 66.5 Å². The lowest BCUT2D eigenvalue weighted by Crippen LogP contribution is -1.82. The van der Waals surface area contributed by atoms with Gasteiger partial charge in [0.25, 0.3) is 0 Å². The quantitative estimate of drug-likeness (QED) is 0.234. The Labute approximate surface area is 226 Å². The van der Waals surface area contributed by atoms with Gasteiger partial charge in [-0.1, -0.05) is 98.4 Å². The molecule has 0 atom stereocenters. The van der Waals surface area contributed by atoms with E-state index in [1.54, 1.807) is 0 Å². The predicted octanol–water partition coefficient (Wildman–Crippen LogP) is 9.93. The summed E-state index contributed by atoms with van der Waals surface area (Å²) in [5.74, 6) is 0. The first-order valence-corrected chi connectivity index (χ1v) is 12.5. The van der Waals surface area contributed by atoms with E-state index >= 15 is 0 Å². The maximum absolute atomic E-state index is 5.85. The fourth-order valence-electron chi connectivity index (χ4n) is 4.76. The van der Waals surface area contributed by atoms with Crippen molar-refractivity contribution in [1.82, 2.24) is 9.97 Å². The van der Waals surface area contributed by atoms with Crippen LogP contribution in [-0.2, 0) is 0 Å². The molecule has 0 spiro atoms. The average Bonchev–Trinajstić information content (AvgIpc) is 3.56. The van der Waals surface area contributed by atoms with Gasteiger partial charge in [-0.25, -0.2) is 4.98 Å². The molecule has 0 unspecified atom stereocenters. The van der Waals surface area contributed by atoms with Crippen LogP contribution in [0.1, 0.15) is 7.43 Å². The smallest absolute Gasteiger partial charge is 0.227 e. The standard InChI is InChI=1S/2C17H11NO.CH4/c1-2-6-12(7-3-1)13-10-16-17(18-11-13)14-8-4-5-9-15(14)19-16;1-2-6-12(7-3-1)15-11-10-14-13-8-4-5-9-16(13)19-17(14)18-15;/h2*1-11H;1H4. The number of hydrogen-bond acceptors (Lipinski definition) is 4. The molecule has 8 aromatic rings. The van der Waals surface area contributed by atoms with Crippen molar-refractivity contribution in [2.45, 2.75) is 7.43 Å². The average molecular weight is 507 g/mol. The number of rotatable bonds is 2. The van der Waals surface area contributed by atoms with E-state index in [1.807, 2.05) is 91.1 Å². The molecule has 4 nitrogen and oxygen atoms in total. The van der Waals surface area contributed by atoms with Crippen LogP contribution >= 0.6 is 0 Å². The number of fused-ring (bicyclic) bond motifs is 6. The van der Waals surface area contributed by atoms with Gasteiger partial charge in [0.15, 0.2) is 5.58 Å². The van der Waals surface area contributed by atoms with E-state index in [2.05, 4.69) is 52.4 Å². The Morgan fingerprint density at radius 1 is 0.462 bits per heavy atom. The Morgan fingerprint density at radius 3 is 1.82 bits per heavy atom. The van der Waals surface area contributed by atoms with Crippen LogP contribution in [0.2, 0.25) is 0 Å². The van der Waals surface area contributed by atoms with Gasteiger partial charge in [-0.3, -0.25) is 4.98 Å². The largest absolute Gasteiger partial charge is 0.454 e. The van der Waals surface area contributed by atoms with E-state index in [0.717, 1.165) is 60.8 Å². The number of benzene rings is 4. The molecule has 4 aromatic heterocycles. The highest BCUT2D eigenvalue weighted by molar-refractivity contribution is 6.04. The van der Waals surface area contributed by atoms with Crippen LogP contribution < -0.4 is 0 Å². The molecule has 4 heteroatoms. The monoisotopic (exact) mass is 506 g/mol. The molecule has 0 N–H and O–H groups in total. The lowest BCUT2D eigenvalue weighted by Gasteiger charge is -1.99. The van der Waals surface area contributed by atoms with Gasteiger partial charge in [0.1, 0.15) is 16.7 Å². The van der Waals surface area contributed by atoms with Crippen LogP contribution in [0.3, 0.4) is 0 Å². The zero-order valence-electron chi connectivity index (χ0n) is 20.4. The minimum Gasteiger partial charge on any atom is -0.454 e. The third kappa shape index (κ3) is 4.53. The van der Waals surface area contributed by atoms with Crippen molar-refractivity contribution in [3.8, 4) is 22.4 Å². The summed E-state index contributed by atoms with van der Waals surface area (Å²) in [4.78, 5) is 9.17. The highest BCUT2D eigenvalue weighted by atomic mass is 16.3. The fraction of sp³-hybridized carbons (Fsp3) is 0.0286. The Hall–Kier alpha value is -5.22. The second kappa shape index (κ2) is 10.3. The van der Waals surface area contributed by atoms with Gasteiger partial charge in [0.05, 0.1) is 5.69 Å². The number of aromatic nitrogens is 2. The first kappa shape index (κ1) is 24.1. The molecule has 4 heterocycles. The zero-order chi connectivity index (χ0) is 25.3. The predicted molar refractivity (Wildman–Crippen MR) is 161 cm³/mol. The normalized spacial score (nSPS) is 10.9. The minimum absolute atomic E-state index is 0. The van der Waals surface area contributed by atoms with Crippen LogP contribution in [0.15, 0.2) is 142 Å². The van der Waals surface area contributed by atoms with E-state index in [-0.39, 0.29) is 7.43 Å². The first-order chi connectivity index (χ1) is 18.8. The van der Waals surface area contributed by atoms with Crippen molar-refractivity contribution in [2.75, 3.05) is 0 Å². The van der Waals surface area contributed by atoms with Crippen molar-refractivity contribution in [2.24, 2.45) is 0 Å². The fourth-order valence-corrected chi connectivity index (χ4v) is 4.76. The lowest BCUT2D eigenvalue weighted by molar-refractivity contribution is 0.654. The zero-order valence-corrected chi connectivity index (χ0v) is 20.4. The molecule has 0 amide bonds. The molecule has 0 bridgehead atoms. The molecule has 188 valence electrons. The summed E-state index contributed by atoms with van der Waals surface area (Å²) in [6.07, 6.45) is 1.90. The van der Waals surface area contributed by atoms with E-state index in [9.17, 15) is 0 Å². The third-order valence-corrected chi connectivity index (χ3v) is 6.64. The summed E-state index contributed by atoms with van der Waals surface area (Å²) < 4.78 is 11.7. The Bertz CT molecular complexity index is 1870. The third-order valence-electron chi connectivity index (χ3n) is 6.64. The number of hydrogen-bond donors (Lipinski definition) is 0. The second-order valence-electron chi connectivity index (χ2n) is 9.05. The van der Waals surface area contributed by atoms with E-state index in [1.165, 1.54) is 0 Å². The minimum atomic E-state index is 0. The molecule has 0 aliphatic carbocycles. The number of para-hydroxylation sites is 2. The van der Waals surface area contributed by atoms with Gasteiger partial charge in [-0.15, -0.1) is 0 Å². The van der Waals surface area contributed by atoms with E-state index < -0.39 is 0 Å². The van der Waals surface area contributed by atoms with Crippen molar-refractivity contribution >= 4 is 44.1 Å². The molecule has 4 aromatic carbocycles. The van der Waals surface area contributed by atoms with E-state index in [0.29, 0.717) is 5.71 Å². The topological polar surface area (TPSA) is 52.1 Å². The van der Waals surface area contributed by atoms with Crippen molar-refractivity contribution in [1.29, 1.82) is 0 Å². The summed E-state index contributed by atoms with van der Waals surface area (Å²) in [7, 11) is 0. The first-order valence-electron chi connectivity index (χ1n) is 12.5. The Balaban J connectivity index is 0.000000138. The molecule has 0 fully saturated rings. The van der Waals surface area contributed by atoms with Crippen LogP contribution in [0.5, 0.6) is 0 Å². The van der Waals surface area contributed by atoms with Gasteiger partial charge in [-0.05, 0) is 42.0 Å². The summed E-state index contributed by atoms with van der Waals surface area (Å²) >= 11 is 0. The molecular weight excluding hydrogens is 480 g/mol. The Morgan fingerprint density at radius 2 is 1.08 bits per heavy atom. The summed E-state index contributed by atoms with van der Waals surface area (Å²) in [5.41, 5.74) is 8.49. The molecule has 39 heavy (non-hydrogen) atoms. The van der Waals surface area contributed by atoms with Crippen molar-refractivity contribution < 1.29 is 8.83 Å².